The van der Waals surface area contributed by atoms with Gasteiger partial charge in [0.15, 0.2) is 0 Å². The number of benzene rings is 1. The van der Waals surface area contributed by atoms with Crippen molar-refractivity contribution in [1.29, 1.82) is 0 Å². The maximum Gasteiger partial charge on any atom is 0.256 e. The summed E-state index contributed by atoms with van der Waals surface area (Å²) < 4.78 is 31.1. The van der Waals surface area contributed by atoms with E-state index < -0.39 is 17.5 Å². The predicted octanol–water partition coefficient (Wildman–Crippen LogP) is 3.18. The Bertz CT molecular complexity index is 660. The van der Waals surface area contributed by atoms with Gasteiger partial charge in [-0.25, -0.2) is 8.78 Å². The summed E-state index contributed by atoms with van der Waals surface area (Å²) in [6.07, 6.45) is 1.26. The van der Waals surface area contributed by atoms with E-state index in [1.165, 1.54) is 12.3 Å². The van der Waals surface area contributed by atoms with Crippen LogP contribution in [0.2, 0.25) is 0 Å². The van der Waals surface area contributed by atoms with Crippen LogP contribution in [0.15, 0.2) is 29.0 Å². The number of hydrogen-bond donors (Lipinski definition) is 1. The van der Waals surface area contributed by atoms with E-state index in [-0.39, 0.29) is 17.5 Å². The standard InChI is InChI=1S/C15H16F2N2O2/c1-15(2,3)13-11(8-21-19-13)14(20)18-7-9-4-5-10(16)6-12(9)17/h4-6,8H,7H2,1-3H3,(H,18,20). The van der Waals surface area contributed by atoms with E-state index in [0.717, 1.165) is 12.1 Å². The molecule has 1 aromatic heterocycles. The third-order valence-electron chi connectivity index (χ3n) is 2.98. The molecular formula is C15H16F2N2O2. The van der Waals surface area contributed by atoms with Crippen molar-refractivity contribution in [3.05, 3.63) is 52.9 Å². The quantitative estimate of drug-likeness (QED) is 0.946. The molecular weight excluding hydrogens is 278 g/mol. The van der Waals surface area contributed by atoms with Gasteiger partial charge in [-0.15, -0.1) is 0 Å². The molecule has 21 heavy (non-hydrogen) atoms. The molecule has 0 spiro atoms. The van der Waals surface area contributed by atoms with E-state index in [4.69, 9.17) is 4.52 Å². The van der Waals surface area contributed by atoms with Gasteiger partial charge in [-0.2, -0.15) is 0 Å². The van der Waals surface area contributed by atoms with Crippen LogP contribution in [-0.4, -0.2) is 11.1 Å². The second-order valence-corrected chi connectivity index (χ2v) is 5.75. The number of rotatable bonds is 3. The molecule has 0 atom stereocenters. The highest BCUT2D eigenvalue weighted by Gasteiger charge is 2.26. The molecule has 0 unspecified atom stereocenters. The first kappa shape index (κ1) is 15.2. The van der Waals surface area contributed by atoms with Crippen LogP contribution in [0.25, 0.3) is 0 Å². The van der Waals surface area contributed by atoms with Crippen molar-refractivity contribution in [3.63, 3.8) is 0 Å². The third kappa shape index (κ3) is 3.45. The highest BCUT2D eigenvalue weighted by atomic mass is 19.1. The molecule has 0 saturated carbocycles. The van der Waals surface area contributed by atoms with Crippen LogP contribution in [0.1, 0.15) is 42.4 Å². The average Bonchev–Trinajstić information content (AvgIpc) is 2.86. The highest BCUT2D eigenvalue weighted by Crippen LogP contribution is 2.24. The summed E-state index contributed by atoms with van der Waals surface area (Å²) in [6, 6.07) is 3.22. The largest absolute Gasteiger partial charge is 0.364 e. The van der Waals surface area contributed by atoms with Crippen molar-refractivity contribution in [1.82, 2.24) is 10.5 Å². The lowest BCUT2D eigenvalue weighted by Gasteiger charge is -2.16. The topological polar surface area (TPSA) is 55.1 Å². The number of hydrogen-bond acceptors (Lipinski definition) is 3. The lowest BCUT2D eigenvalue weighted by molar-refractivity contribution is 0.0948. The number of aromatic nitrogens is 1. The molecule has 6 heteroatoms. The molecule has 2 aromatic rings. The van der Waals surface area contributed by atoms with Crippen LogP contribution < -0.4 is 5.32 Å². The third-order valence-corrected chi connectivity index (χ3v) is 2.98. The van der Waals surface area contributed by atoms with Crippen molar-refractivity contribution >= 4 is 5.91 Å². The maximum absolute atomic E-state index is 13.5. The molecule has 0 saturated heterocycles. The van der Waals surface area contributed by atoms with Gasteiger partial charge < -0.3 is 9.84 Å². The van der Waals surface area contributed by atoms with Crippen LogP contribution >= 0.6 is 0 Å². The van der Waals surface area contributed by atoms with Crippen molar-refractivity contribution in [2.45, 2.75) is 32.7 Å². The minimum absolute atomic E-state index is 0.0420. The zero-order valence-corrected chi connectivity index (χ0v) is 12.0. The van der Waals surface area contributed by atoms with E-state index in [1.807, 2.05) is 20.8 Å². The van der Waals surface area contributed by atoms with Gasteiger partial charge in [0.1, 0.15) is 29.2 Å². The number of nitrogens with one attached hydrogen (secondary N) is 1. The summed E-state index contributed by atoms with van der Waals surface area (Å²) in [5.41, 5.74) is 0.698. The summed E-state index contributed by atoms with van der Waals surface area (Å²) >= 11 is 0. The molecule has 0 radical (unpaired) electrons. The zero-order chi connectivity index (χ0) is 15.6. The van der Waals surface area contributed by atoms with Crippen LogP contribution in [-0.2, 0) is 12.0 Å². The molecule has 2 rings (SSSR count). The Morgan fingerprint density at radius 3 is 2.67 bits per heavy atom. The summed E-state index contributed by atoms with van der Waals surface area (Å²) in [5.74, 6) is -1.77. The van der Waals surface area contributed by atoms with E-state index in [9.17, 15) is 13.6 Å². The predicted molar refractivity (Wildman–Crippen MR) is 72.7 cm³/mol. The summed E-state index contributed by atoms with van der Waals surface area (Å²) in [5, 5.41) is 6.41. The van der Waals surface area contributed by atoms with Gasteiger partial charge in [-0.05, 0) is 6.07 Å². The Kier molecular flexibility index (Phi) is 4.06. The van der Waals surface area contributed by atoms with E-state index in [0.29, 0.717) is 11.3 Å². The minimum Gasteiger partial charge on any atom is -0.364 e. The van der Waals surface area contributed by atoms with Crippen LogP contribution in [0, 0.1) is 11.6 Å². The van der Waals surface area contributed by atoms with E-state index >= 15 is 0 Å². The molecule has 4 nitrogen and oxygen atoms in total. The van der Waals surface area contributed by atoms with Gasteiger partial charge in [0, 0.05) is 23.6 Å². The maximum atomic E-state index is 13.5. The molecule has 1 aromatic carbocycles. The molecule has 1 N–H and O–H groups in total. The number of nitrogens with zero attached hydrogens (tertiary/aromatic N) is 1. The van der Waals surface area contributed by atoms with Gasteiger partial charge in [-0.3, -0.25) is 4.79 Å². The van der Waals surface area contributed by atoms with Crippen LogP contribution in [0.3, 0.4) is 0 Å². The number of carbonyl (C=O) groups is 1. The molecule has 1 heterocycles. The monoisotopic (exact) mass is 294 g/mol. The van der Waals surface area contributed by atoms with Crippen molar-refractivity contribution in [3.8, 4) is 0 Å². The van der Waals surface area contributed by atoms with Crippen LogP contribution in [0.5, 0.6) is 0 Å². The SMILES string of the molecule is CC(C)(C)c1nocc1C(=O)NCc1ccc(F)cc1F. The Labute approximate surface area is 121 Å². The molecule has 0 aliphatic rings. The Morgan fingerprint density at radius 2 is 2.05 bits per heavy atom. The highest BCUT2D eigenvalue weighted by molar-refractivity contribution is 5.95. The molecule has 0 aliphatic carbocycles. The number of amides is 1. The zero-order valence-electron chi connectivity index (χ0n) is 12.0. The van der Waals surface area contributed by atoms with Gasteiger partial charge in [0.25, 0.3) is 5.91 Å². The first-order valence-electron chi connectivity index (χ1n) is 6.46. The Balaban J connectivity index is 2.11. The van der Waals surface area contributed by atoms with Gasteiger partial charge >= 0.3 is 0 Å². The first-order valence-corrected chi connectivity index (χ1v) is 6.46. The summed E-state index contributed by atoms with van der Waals surface area (Å²) in [4.78, 5) is 12.1. The van der Waals surface area contributed by atoms with Crippen molar-refractivity contribution in [2.24, 2.45) is 0 Å². The Hall–Kier alpha value is -2.24. The Morgan fingerprint density at radius 1 is 1.33 bits per heavy atom. The number of halogens is 2. The summed E-state index contributed by atoms with van der Waals surface area (Å²) in [6.45, 7) is 5.67. The van der Waals surface area contributed by atoms with E-state index in [2.05, 4.69) is 10.5 Å². The fourth-order valence-electron chi connectivity index (χ4n) is 1.87. The van der Waals surface area contributed by atoms with Crippen molar-refractivity contribution < 1.29 is 18.1 Å². The molecule has 0 fully saturated rings. The van der Waals surface area contributed by atoms with Crippen LogP contribution in [0.4, 0.5) is 8.78 Å². The number of carbonyl (C=O) groups excluding carboxylic acids is 1. The fourth-order valence-corrected chi connectivity index (χ4v) is 1.87. The fraction of sp³-hybridized carbons (Fsp3) is 0.333. The molecule has 0 bridgehead atoms. The molecule has 112 valence electrons. The first-order chi connectivity index (χ1) is 9.79. The minimum atomic E-state index is -0.698. The second kappa shape index (κ2) is 5.63. The normalized spacial score (nSPS) is 11.5. The second-order valence-electron chi connectivity index (χ2n) is 5.75. The van der Waals surface area contributed by atoms with E-state index in [1.54, 1.807) is 0 Å². The van der Waals surface area contributed by atoms with Gasteiger partial charge in [0.05, 0.1) is 0 Å². The van der Waals surface area contributed by atoms with Gasteiger partial charge in [-0.1, -0.05) is 32.0 Å². The van der Waals surface area contributed by atoms with Crippen molar-refractivity contribution in [2.75, 3.05) is 0 Å². The molecule has 0 aliphatic heterocycles. The van der Waals surface area contributed by atoms with Gasteiger partial charge in [0.2, 0.25) is 0 Å². The lowest BCUT2D eigenvalue weighted by atomic mass is 9.89. The lowest BCUT2D eigenvalue weighted by Crippen LogP contribution is -2.26. The molecule has 1 amide bonds. The smallest absolute Gasteiger partial charge is 0.256 e. The summed E-state index contributed by atoms with van der Waals surface area (Å²) in [7, 11) is 0. The average molecular weight is 294 g/mol.